The van der Waals surface area contributed by atoms with Crippen molar-refractivity contribution in [1.29, 1.82) is 0 Å². The highest BCUT2D eigenvalue weighted by molar-refractivity contribution is 5.13. The van der Waals surface area contributed by atoms with Gasteiger partial charge in [-0.1, -0.05) is 0 Å². The van der Waals surface area contributed by atoms with E-state index in [9.17, 15) is 5.11 Å². The highest BCUT2D eigenvalue weighted by Crippen LogP contribution is 2.17. The summed E-state index contributed by atoms with van der Waals surface area (Å²) in [7, 11) is 3.66. The molecule has 0 fully saturated rings. The summed E-state index contributed by atoms with van der Waals surface area (Å²) in [5.41, 5.74) is 0.613. The van der Waals surface area contributed by atoms with E-state index in [0.29, 0.717) is 11.5 Å². The van der Waals surface area contributed by atoms with E-state index in [-0.39, 0.29) is 0 Å². The molecule has 0 aromatic carbocycles. The van der Waals surface area contributed by atoms with Crippen LogP contribution in [0.3, 0.4) is 0 Å². The molecule has 0 saturated heterocycles. The van der Waals surface area contributed by atoms with E-state index in [1.54, 1.807) is 33.9 Å². The molecule has 5 heteroatoms. The number of aryl methyl sites for hydroxylation is 2. The van der Waals surface area contributed by atoms with E-state index in [0.717, 1.165) is 0 Å². The van der Waals surface area contributed by atoms with Crippen molar-refractivity contribution in [1.82, 2.24) is 19.3 Å². The first kappa shape index (κ1) is 8.96. The lowest BCUT2D eigenvalue weighted by Gasteiger charge is -2.06. The third-order valence-electron chi connectivity index (χ3n) is 2.12. The molecule has 2 heterocycles. The van der Waals surface area contributed by atoms with Crippen molar-refractivity contribution in [2.24, 2.45) is 14.1 Å². The Morgan fingerprint density at radius 3 is 2.64 bits per heavy atom. The van der Waals surface area contributed by atoms with Gasteiger partial charge in [-0.3, -0.25) is 4.68 Å². The van der Waals surface area contributed by atoms with Crippen molar-refractivity contribution in [3.8, 4) is 0 Å². The summed E-state index contributed by atoms with van der Waals surface area (Å²) in [5.74, 6) is 0.601. The molecule has 0 bridgehead atoms. The second kappa shape index (κ2) is 3.26. The van der Waals surface area contributed by atoms with Crippen molar-refractivity contribution in [3.05, 3.63) is 36.2 Å². The first-order chi connectivity index (χ1) is 6.68. The lowest BCUT2D eigenvalue weighted by Crippen LogP contribution is -2.08. The summed E-state index contributed by atoms with van der Waals surface area (Å²) < 4.78 is 3.43. The molecular weight excluding hydrogens is 180 g/mol. The Bertz CT molecular complexity index is 431. The first-order valence-electron chi connectivity index (χ1n) is 4.33. The molecule has 0 spiro atoms. The van der Waals surface area contributed by atoms with Crippen molar-refractivity contribution in [3.63, 3.8) is 0 Å². The van der Waals surface area contributed by atoms with Gasteiger partial charge in [0.1, 0.15) is 5.82 Å². The van der Waals surface area contributed by atoms with Crippen LogP contribution >= 0.6 is 0 Å². The summed E-state index contributed by atoms with van der Waals surface area (Å²) in [6, 6.07) is 1.78. The normalized spacial score (nSPS) is 13.1. The van der Waals surface area contributed by atoms with Crippen molar-refractivity contribution in [2.75, 3.05) is 0 Å². The van der Waals surface area contributed by atoms with Crippen molar-refractivity contribution in [2.45, 2.75) is 6.10 Å². The molecule has 74 valence electrons. The maximum Gasteiger partial charge on any atom is 0.155 e. The molecule has 14 heavy (non-hydrogen) atoms. The molecule has 0 aliphatic carbocycles. The van der Waals surface area contributed by atoms with Gasteiger partial charge in [0, 0.05) is 32.7 Å². The van der Waals surface area contributed by atoms with E-state index >= 15 is 0 Å². The summed E-state index contributed by atoms with van der Waals surface area (Å²) >= 11 is 0. The standard InChI is InChI=1S/C9H12N4O/c1-12-6-4-10-9(12)8(14)7-3-5-13(2)11-7/h3-6,8,14H,1-2H3. The molecular formula is C9H12N4O. The Labute approximate surface area is 81.6 Å². The minimum Gasteiger partial charge on any atom is -0.379 e. The molecule has 0 aliphatic rings. The predicted molar refractivity (Wildman–Crippen MR) is 50.5 cm³/mol. The van der Waals surface area contributed by atoms with Crippen molar-refractivity contribution >= 4 is 0 Å². The summed E-state index contributed by atoms with van der Waals surface area (Å²) in [4.78, 5) is 4.07. The minimum absolute atomic E-state index is 0.601. The van der Waals surface area contributed by atoms with Crippen molar-refractivity contribution < 1.29 is 5.11 Å². The van der Waals surface area contributed by atoms with E-state index < -0.39 is 6.10 Å². The first-order valence-corrected chi connectivity index (χ1v) is 4.33. The zero-order valence-corrected chi connectivity index (χ0v) is 8.12. The largest absolute Gasteiger partial charge is 0.379 e. The molecule has 0 aliphatic heterocycles. The van der Waals surface area contributed by atoms with Gasteiger partial charge in [0.15, 0.2) is 6.10 Å². The Morgan fingerprint density at radius 2 is 2.14 bits per heavy atom. The van der Waals surface area contributed by atoms with Crippen LogP contribution in [0.2, 0.25) is 0 Å². The zero-order valence-electron chi connectivity index (χ0n) is 8.12. The fraction of sp³-hybridized carbons (Fsp3) is 0.333. The van der Waals surface area contributed by atoms with Gasteiger partial charge in [-0.05, 0) is 6.07 Å². The Kier molecular flexibility index (Phi) is 2.09. The summed E-state index contributed by atoms with van der Waals surface area (Å²) in [6.45, 7) is 0. The average Bonchev–Trinajstić information content (AvgIpc) is 2.73. The smallest absolute Gasteiger partial charge is 0.155 e. The topological polar surface area (TPSA) is 55.9 Å². The molecule has 0 amide bonds. The molecule has 0 radical (unpaired) electrons. The van der Waals surface area contributed by atoms with E-state index in [2.05, 4.69) is 10.1 Å². The predicted octanol–water partition coefficient (Wildman–Crippen LogP) is 0.235. The summed E-state index contributed by atoms with van der Waals surface area (Å²) in [6.07, 6.45) is 4.49. The molecule has 1 unspecified atom stereocenters. The van der Waals surface area contributed by atoms with Gasteiger partial charge < -0.3 is 9.67 Å². The lowest BCUT2D eigenvalue weighted by atomic mass is 10.2. The molecule has 2 aromatic heterocycles. The molecule has 2 rings (SSSR count). The summed E-state index contributed by atoms with van der Waals surface area (Å²) in [5, 5.41) is 14.0. The molecule has 1 N–H and O–H groups in total. The van der Waals surface area contributed by atoms with Crippen LogP contribution in [0.15, 0.2) is 24.7 Å². The van der Waals surface area contributed by atoms with Gasteiger partial charge in [-0.15, -0.1) is 0 Å². The Hall–Kier alpha value is -1.62. The monoisotopic (exact) mass is 192 g/mol. The molecule has 5 nitrogen and oxygen atoms in total. The molecule has 1 atom stereocenters. The third kappa shape index (κ3) is 1.42. The number of aromatic nitrogens is 4. The number of aliphatic hydroxyl groups excluding tert-OH is 1. The second-order valence-electron chi connectivity index (χ2n) is 3.21. The van der Waals surface area contributed by atoms with Gasteiger partial charge in [0.25, 0.3) is 0 Å². The maximum absolute atomic E-state index is 9.92. The number of imidazole rings is 1. The minimum atomic E-state index is -0.754. The van der Waals surface area contributed by atoms with Gasteiger partial charge >= 0.3 is 0 Å². The van der Waals surface area contributed by atoms with Gasteiger partial charge in [0.05, 0.1) is 5.69 Å². The SMILES string of the molecule is Cn1ccc(C(O)c2nccn2C)n1. The number of hydrogen-bond acceptors (Lipinski definition) is 3. The third-order valence-corrected chi connectivity index (χ3v) is 2.12. The van der Waals surface area contributed by atoms with E-state index in [1.807, 2.05) is 14.1 Å². The van der Waals surface area contributed by atoms with Crippen LogP contribution in [0.1, 0.15) is 17.6 Å². The molecule has 0 saturated carbocycles. The number of nitrogens with zero attached hydrogens (tertiary/aromatic N) is 4. The number of rotatable bonds is 2. The van der Waals surface area contributed by atoms with Gasteiger partial charge in [-0.25, -0.2) is 4.98 Å². The maximum atomic E-state index is 9.92. The van der Waals surface area contributed by atoms with Crippen LogP contribution in [0, 0.1) is 0 Å². The van der Waals surface area contributed by atoms with Crippen LogP contribution in [-0.4, -0.2) is 24.4 Å². The van der Waals surface area contributed by atoms with Gasteiger partial charge in [0.2, 0.25) is 0 Å². The quantitative estimate of drug-likeness (QED) is 0.741. The number of hydrogen-bond donors (Lipinski definition) is 1. The average molecular weight is 192 g/mol. The number of aliphatic hydroxyl groups is 1. The second-order valence-corrected chi connectivity index (χ2v) is 3.21. The fourth-order valence-electron chi connectivity index (χ4n) is 1.35. The van der Waals surface area contributed by atoms with E-state index in [4.69, 9.17) is 0 Å². The Morgan fingerprint density at radius 1 is 1.36 bits per heavy atom. The fourth-order valence-corrected chi connectivity index (χ4v) is 1.35. The van der Waals surface area contributed by atoms with Gasteiger partial charge in [-0.2, -0.15) is 5.10 Å². The van der Waals surface area contributed by atoms with Crippen LogP contribution < -0.4 is 0 Å². The highest BCUT2D eigenvalue weighted by atomic mass is 16.3. The van der Waals surface area contributed by atoms with Crippen LogP contribution in [0.5, 0.6) is 0 Å². The zero-order chi connectivity index (χ0) is 10.1. The van der Waals surface area contributed by atoms with Crippen LogP contribution in [0.4, 0.5) is 0 Å². The van der Waals surface area contributed by atoms with Crippen LogP contribution in [0.25, 0.3) is 0 Å². The van der Waals surface area contributed by atoms with Crippen LogP contribution in [-0.2, 0) is 14.1 Å². The Balaban J connectivity index is 2.33. The lowest BCUT2D eigenvalue weighted by molar-refractivity contribution is 0.200. The molecule has 2 aromatic rings. The van der Waals surface area contributed by atoms with E-state index in [1.165, 1.54) is 0 Å². The highest BCUT2D eigenvalue weighted by Gasteiger charge is 2.16.